The topological polar surface area (TPSA) is 93.9 Å². The summed E-state index contributed by atoms with van der Waals surface area (Å²) in [5, 5.41) is 11.1. The Morgan fingerprint density at radius 3 is 2.45 bits per heavy atom. The van der Waals surface area contributed by atoms with Crippen LogP contribution in [0.25, 0.3) is 5.69 Å². The molecule has 0 N–H and O–H groups in total. The van der Waals surface area contributed by atoms with Crippen molar-refractivity contribution in [2.75, 3.05) is 0 Å². The fourth-order valence-electron chi connectivity index (χ4n) is 3.18. The summed E-state index contributed by atoms with van der Waals surface area (Å²) in [4.78, 5) is 4.33. The second-order valence-electron chi connectivity index (χ2n) is 6.96. The monoisotopic (exact) mass is 498 g/mol. The first kappa shape index (κ1) is 21.3. The largest absolute Gasteiger partial charge is 0.264 e. The van der Waals surface area contributed by atoms with Gasteiger partial charge >= 0.3 is 0 Å². The molecule has 0 saturated carbocycles. The molecular weight excluding hydrogens is 480 g/mol. The van der Waals surface area contributed by atoms with Gasteiger partial charge in [0, 0.05) is 30.0 Å². The van der Waals surface area contributed by atoms with Gasteiger partial charge in [0.2, 0.25) is 10.0 Å². The quantitative estimate of drug-likeness (QED) is 0.386. The van der Waals surface area contributed by atoms with Crippen LogP contribution >= 0.6 is 15.9 Å². The predicted molar refractivity (Wildman–Crippen MR) is 119 cm³/mol. The maximum atomic E-state index is 13.6. The van der Waals surface area contributed by atoms with Crippen molar-refractivity contribution in [2.45, 2.75) is 24.9 Å². The molecule has 2 heterocycles. The molecule has 4 rings (SSSR count). The molecule has 0 amide bonds. The van der Waals surface area contributed by atoms with E-state index in [0.717, 1.165) is 26.9 Å². The smallest absolute Gasteiger partial charge is 0.243 e. The van der Waals surface area contributed by atoms with Crippen LogP contribution in [-0.4, -0.2) is 37.9 Å². The van der Waals surface area contributed by atoms with Crippen LogP contribution in [0.5, 0.6) is 0 Å². The lowest BCUT2D eigenvalue weighted by Crippen LogP contribution is -2.30. The summed E-state index contributed by atoms with van der Waals surface area (Å²) in [5.74, 6) is 0. The maximum absolute atomic E-state index is 13.6. The lowest BCUT2D eigenvalue weighted by molar-refractivity contribution is 0.400. The van der Waals surface area contributed by atoms with Crippen LogP contribution in [-0.2, 0) is 23.1 Å². The second kappa shape index (κ2) is 9.04. The van der Waals surface area contributed by atoms with Gasteiger partial charge in [0.05, 0.1) is 10.6 Å². The van der Waals surface area contributed by atoms with E-state index in [1.807, 2.05) is 37.3 Å². The van der Waals surface area contributed by atoms with Crippen LogP contribution in [0.3, 0.4) is 0 Å². The number of pyridine rings is 1. The first-order valence-corrected chi connectivity index (χ1v) is 11.6. The number of aromatic nitrogens is 5. The molecular formula is C21H19BrN6O2S. The Kier molecular flexibility index (Phi) is 6.21. The minimum atomic E-state index is -3.78. The number of hydrogen-bond donors (Lipinski definition) is 0. The number of sulfonamides is 1. The number of aryl methyl sites for hydroxylation is 1. The maximum Gasteiger partial charge on any atom is 0.243 e. The Balaban J connectivity index is 1.70. The van der Waals surface area contributed by atoms with Crippen LogP contribution in [0.2, 0.25) is 0 Å². The molecule has 2 aromatic carbocycles. The van der Waals surface area contributed by atoms with E-state index in [1.54, 1.807) is 36.7 Å². The first-order chi connectivity index (χ1) is 14.9. The van der Waals surface area contributed by atoms with Crippen LogP contribution < -0.4 is 0 Å². The Bertz CT molecular complexity index is 1260. The Labute approximate surface area is 188 Å². The molecule has 0 aliphatic carbocycles. The van der Waals surface area contributed by atoms with Crippen LogP contribution in [0.15, 0.2) is 82.7 Å². The van der Waals surface area contributed by atoms with Gasteiger partial charge in [0.15, 0.2) is 0 Å². The zero-order valence-corrected chi connectivity index (χ0v) is 19.0. The third-order valence-electron chi connectivity index (χ3n) is 4.76. The van der Waals surface area contributed by atoms with Gasteiger partial charge < -0.3 is 0 Å². The summed E-state index contributed by atoms with van der Waals surface area (Å²) < 4.78 is 31.1. The lowest BCUT2D eigenvalue weighted by Gasteiger charge is -2.23. The van der Waals surface area contributed by atoms with E-state index in [4.69, 9.17) is 0 Å². The van der Waals surface area contributed by atoms with Gasteiger partial charge in [-0.15, -0.1) is 5.10 Å². The van der Waals surface area contributed by atoms with Gasteiger partial charge in [-0.25, -0.2) is 13.1 Å². The van der Waals surface area contributed by atoms with Crippen LogP contribution in [0, 0.1) is 6.92 Å². The fraction of sp³-hybridized carbons (Fsp3) is 0.143. The highest BCUT2D eigenvalue weighted by atomic mass is 79.9. The van der Waals surface area contributed by atoms with Gasteiger partial charge in [-0.3, -0.25) is 4.98 Å². The third-order valence-corrected chi connectivity index (χ3v) is 7.07. The molecule has 0 radical (unpaired) electrons. The van der Waals surface area contributed by atoms with E-state index in [2.05, 4.69) is 36.4 Å². The number of benzene rings is 2. The van der Waals surface area contributed by atoms with Gasteiger partial charge in [0.25, 0.3) is 0 Å². The van der Waals surface area contributed by atoms with Gasteiger partial charge in [-0.05, 0) is 70.4 Å². The SMILES string of the molecule is Cc1cc(S(=O)(=O)N(Cc2ccc(Br)cc2)Cc2cccnc2)ccc1-n1cnnn1. The van der Waals surface area contributed by atoms with Crippen molar-refractivity contribution in [3.05, 3.63) is 94.5 Å². The molecule has 0 aliphatic heterocycles. The van der Waals surface area contributed by atoms with E-state index in [0.29, 0.717) is 0 Å². The molecule has 31 heavy (non-hydrogen) atoms. The van der Waals surface area contributed by atoms with Gasteiger partial charge in [-0.2, -0.15) is 4.31 Å². The summed E-state index contributed by atoms with van der Waals surface area (Å²) in [7, 11) is -3.78. The van der Waals surface area contributed by atoms with Crippen molar-refractivity contribution in [3.8, 4) is 5.69 Å². The highest BCUT2D eigenvalue weighted by molar-refractivity contribution is 9.10. The van der Waals surface area contributed by atoms with E-state index < -0.39 is 10.0 Å². The van der Waals surface area contributed by atoms with E-state index in [9.17, 15) is 8.42 Å². The van der Waals surface area contributed by atoms with E-state index >= 15 is 0 Å². The molecule has 0 fully saturated rings. The molecule has 10 heteroatoms. The summed E-state index contributed by atoms with van der Waals surface area (Å²) >= 11 is 3.42. The Morgan fingerprint density at radius 1 is 1.03 bits per heavy atom. The number of nitrogens with zero attached hydrogens (tertiary/aromatic N) is 6. The fourth-order valence-corrected chi connectivity index (χ4v) is 4.95. The molecule has 8 nitrogen and oxygen atoms in total. The Morgan fingerprint density at radius 2 is 1.81 bits per heavy atom. The van der Waals surface area contributed by atoms with Crippen molar-refractivity contribution in [2.24, 2.45) is 0 Å². The molecule has 0 spiro atoms. The third kappa shape index (κ3) is 4.87. The molecule has 158 valence electrons. The average Bonchev–Trinajstić information content (AvgIpc) is 3.30. The summed E-state index contributed by atoms with van der Waals surface area (Å²) in [5.41, 5.74) is 3.16. The van der Waals surface area contributed by atoms with Crippen molar-refractivity contribution in [1.29, 1.82) is 0 Å². The minimum absolute atomic E-state index is 0.208. The zero-order valence-electron chi connectivity index (χ0n) is 16.6. The normalized spacial score (nSPS) is 11.7. The zero-order chi connectivity index (χ0) is 21.8. The standard InChI is InChI=1S/C21H19BrN6O2S/c1-16-11-20(8-9-21(16)28-15-24-25-26-28)31(29,30)27(14-18-3-2-10-23-12-18)13-17-4-6-19(22)7-5-17/h2-12,15H,13-14H2,1H3. The highest BCUT2D eigenvalue weighted by Crippen LogP contribution is 2.25. The highest BCUT2D eigenvalue weighted by Gasteiger charge is 2.26. The van der Waals surface area contributed by atoms with E-state index in [1.165, 1.54) is 15.3 Å². The van der Waals surface area contributed by atoms with Crippen LogP contribution in [0.1, 0.15) is 16.7 Å². The number of hydrogen-bond acceptors (Lipinski definition) is 6. The van der Waals surface area contributed by atoms with Gasteiger partial charge in [-0.1, -0.05) is 34.1 Å². The average molecular weight is 499 g/mol. The molecule has 2 aromatic heterocycles. The molecule has 0 atom stereocenters. The van der Waals surface area contributed by atoms with Gasteiger partial charge in [0.1, 0.15) is 6.33 Å². The first-order valence-electron chi connectivity index (χ1n) is 9.41. The van der Waals surface area contributed by atoms with E-state index in [-0.39, 0.29) is 18.0 Å². The van der Waals surface area contributed by atoms with Crippen molar-refractivity contribution in [1.82, 2.24) is 29.5 Å². The summed E-state index contributed by atoms with van der Waals surface area (Å²) in [6, 6.07) is 16.2. The number of halogens is 1. The second-order valence-corrected chi connectivity index (χ2v) is 9.82. The lowest BCUT2D eigenvalue weighted by atomic mass is 10.2. The van der Waals surface area contributed by atoms with Crippen molar-refractivity contribution < 1.29 is 8.42 Å². The minimum Gasteiger partial charge on any atom is -0.264 e. The number of rotatable bonds is 7. The molecule has 0 bridgehead atoms. The summed E-state index contributed by atoms with van der Waals surface area (Å²) in [6.45, 7) is 2.27. The molecule has 4 aromatic rings. The Hall–Kier alpha value is -2.95. The van der Waals surface area contributed by atoms with Crippen molar-refractivity contribution >= 4 is 26.0 Å². The summed E-state index contributed by atoms with van der Waals surface area (Å²) in [6.07, 6.45) is 4.81. The molecule has 0 unspecified atom stereocenters. The van der Waals surface area contributed by atoms with Crippen molar-refractivity contribution in [3.63, 3.8) is 0 Å². The number of tetrazole rings is 1. The molecule has 0 saturated heterocycles. The van der Waals surface area contributed by atoms with Crippen LogP contribution in [0.4, 0.5) is 0 Å². The predicted octanol–water partition coefficient (Wildman–Crippen LogP) is 3.52. The molecule has 0 aliphatic rings.